The van der Waals surface area contributed by atoms with E-state index in [1.165, 1.54) is 0 Å². The van der Waals surface area contributed by atoms with Crippen LogP contribution in [0.15, 0.2) is 0 Å². The summed E-state index contributed by atoms with van der Waals surface area (Å²) in [4.78, 5) is 12.1. The van der Waals surface area contributed by atoms with Crippen molar-refractivity contribution < 1.29 is 18.0 Å². The molecule has 2 aliphatic carbocycles. The Bertz CT molecular complexity index is 338. The molecular weight excluding hydrogens is 269 g/mol. The van der Waals surface area contributed by atoms with E-state index in [0.717, 1.165) is 25.7 Å². The van der Waals surface area contributed by atoms with Crippen LogP contribution >= 0.6 is 0 Å². The maximum Gasteiger partial charge on any atom is 0.391 e. The summed E-state index contributed by atoms with van der Waals surface area (Å²) in [6.07, 6.45) is 0.611. The zero-order valence-electron chi connectivity index (χ0n) is 11.6. The Balaban J connectivity index is 1.80. The highest BCUT2D eigenvalue weighted by molar-refractivity contribution is 5.79. The van der Waals surface area contributed by atoms with Crippen molar-refractivity contribution in [2.24, 2.45) is 17.6 Å². The Morgan fingerprint density at radius 1 is 1.00 bits per heavy atom. The third-order valence-corrected chi connectivity index (χ3v) is 4.71. The highest BCUT2D eigenvalue weighted by Crippen LogP contribution is 2.39. The van der Waals surface area contributed by atoms with E-state index in [0.29, 0.717) is 12.8 Å². The van der Waals surface area contributed by atoms with Crippen molar-refractivity contribution in [1.82, 2.24) is 5.32 Å². The molecule has 0 aliphatic heterocycles. The molecule has 0 aromatic heterocycles. The first kappa shape index (κ1) is 15.6. The third kappa shape index (κ3) is 3.87. The molecule has 0 aromatic rings. The van der Waals surface area contributed by atoms with E-state index in [9.17, 15) is 18.0 Å². The van der Waals surface area contributed by atoms with Crippen molar-refractivity contribution in [2.45, 2.75) is 69.6 Å². The van der Waals surface area contributed by atoms with Crippen LogP contribution in [0.3, 0.4) is 0 Å². The molecule has 2 saturated carbocycles. The van der Waals surface area contributed by atoms with E-state index < -0.39 is 12.1 Å². The number of carbonyl (C=O) groups is 1. The van der Waals surface area contributed by atoms with Gasteiger partial charge in [0.2, 0.25) is 5.91 Å². The molecule has 0 saturated heterocycles. The normalized spacial score (nSPS) is 35.6. The van der Waals surface area contributed by atoms with Gasteiger partial charge in [-0.15, -0.1) is 0 Å². The molecule has 2 atom stereocenters. The van der Waals surface area contributed by atoms with Crippen molar-refractivity contribution >= 4 is 5.91 Å². The number of nitrogens with one attached hydrogen (secondary N) is 1. The van der Waals surface area contributed by atoms with Crippen LogP contribution in [0.1, 0.15) is 51.4 Å². The van der Waals surface area contributed by atoms with Crippen molar-refractivity contribution in [1.29, 1.82) is 0 Å². The van der Waals surface area contributed by atoms with Crippen LogP contribution in [0.25, 0.3) is 0 Å². The molecule has 3 N–H and O–H groups in total. The lowest BCUT2D eigenvalue weighted by Crippen LogP contribution is -2.51. The average Bonchev–Trinajstić information content (AvgIpc) is 2.40. The first-order valence-corrected chi connectivity index (χ1v) is 7.50. The summed E-state index contributed by atoms with van der Waals surface area (Å²) in [5.74, 6) is -1.61. The fourth-order valence-corrected chi connectivity index (χ4v) is 3.32. The number of carbonyl (C=O) groups excluding carboxylic acids is 1. The molecule has 6 heteroatoms. The maximum absolute atomic E-state index is 12.6. The summed E-state index contributed by atoms with van der Waals surface area (Å²) < 4.78 is 37.7. The van der Waals surface area contributed by atoms with Crippen LogP contribution in [0.4, 0.5) is 13.2 Å². The quantitative estimate of drug-likeness (QED) is 0.822. The number of nitrogens with two attached hydrogens (primary N) is 1. The average molecular weight is 292 g/mol. The number of alkyl halides is 3. The molecule has 0 radical (unpaired) electrons. The molecule has 2 fully saturated rings. The standard InChI is InChI=1S/C14H23F3N2O/c15-14(16,17)10-7-5-9(6-8-10)13(20)19-12-4-2-1-3-11(12)18/h9-12H,1-8,18H2,(H,19,20)/t9?,10?,11-,12-/m1/s1. The van der Waals surface area contributed by atoms with Crippen LogP contribution in [-0.2, 0) is 4.79 Å². The molecule has 2 rings (SSSR count). The van der Waals surface area contributed by atoms with E-state index in [-0.39, 0.29) is 36.8 Å². The number of hydrogen-bond acceptors (Lipinski definition) is 2. The van der Waals surface area contributed by atoms with E-state index in [4.69, 9.17) is 5.73 Å². The molecule has 0 aromatic carbocycles. The summed E-state index contributed by atoms with van der Waals surface area (Å²) in [5.41, 5.74) is 5.97. The molecule has 116 valence electrons. The molecule has 0 heterocycles. The minimum atomic E-state index is -4.12. The lowest BCUT2D eigenvalue weighted by Gasteiger charge is -2.33. The van der Waals surface area contributed by atoms with Crippen molar-refractivity contribution in [3.8, 4) is 0 Å². The van der Waals surface area contributed by atoms with Gasteiger partial charge in [-0.3, -0.25) is 4.79 Å². The Kier molecular flexibility index (Phi) is 4.94. The van der Waals surface area contributed by atoms with E-state index in [1.807, 2.05) is 0 Å². The predicted octanol–water partition coefficient (Wildman–Crippen LogP) is 2.74. The SMILES string of the molecule is N[C@@H]1CCCC[C@H]1NC(=O)C1CCC(C(F)(F)F)CC1. The van der Waals surface area contributed by atoms with Gasteiger partial charge in [0.05, 0.1) is 5.92 Å². The van der Waals surface area contributed by atoms with E-state index in [1.54, 1.807) is 0 Å². The van der Waals surface area contributed by atoms with Gasteiger partial charge in [-0.05, 0) is 38.5 Å². The molecule has 3 nitrogen and oxygen atoms in total. The van der Waals surface area contributed by atoms with Crippen LogP contribution in [0.5, 0.6) is 0 Å². The van der Waals surface area contributed by atoms with Gasteiger partial charge in [-0.25, -0.2) is 0 Å². The summed E-state index contributed by atoms with van der Waals surface area (Å²) in [6.45, 7) is 0. The number of amides is 1. The van der Waals surface area contributed by atoms with Crippen LogP contribution in [-0.4, -0.2) is 24.2 Å². The molecule has 2 aliphatic rings. The Morgan fingerprint density at radius 2 is 1.60 bits per heavy atom. The van der Waals surface area contributed by atoms with Gasteiger partial charge in [0.1, 0.15) is 0 Å². The zero-order chi connectivity index (χ0) is 14.8. The maximum atomic E-state index is 12.6. The summed E-state index contributed by atoms with van der Waals surface area (Å²) >= 11 is 0. The van der Waals surface area contributed by atoms with Crippen LogP contribution in [0, 0.1) is 11.8 Å². The predicted molar refractivity (Wildman–Crippen MR) is 69.9 cm³/mol. The Labute approximate surface area is 117 Å². The van der Waals surface area contributed by atoms with Crippen molar-refractivity contribution in [3.63, 3.8) is 0 Å². The van der Waals surface area contributed by atoms with Gasteiger partial charge in [0.15, 0.2) is 0 Å². The minimum Gasteiger partial charge on any atom is -0.352 e. The topological polar surface area (TPSA) is 55.1 Å². The third-order valence-electron chi connectivity index (χ3n) is 4.71. The fraction of sp³-hybridized carbons (Fsp3) is 0.929. The van der Waals surface area contributed by atoms with Gasteiger partial charge < -0.3 is 11.1 Å². The van der Waals surface area contributed by atoms with Gasteiger partial charge in [-0.2, -0.15) is 13.2 Å². The second kappa shape index (κ2) is 6.33. The Morgan fingerprint density at radius 3 is 2.15 bits per heavy atom. The van der Waals surface area contributed by atoms with Crippen LogP contribution < -0.4 is 11.1 Å². The lowest BCUT2D eigenvalue weighted by atomic mass is 9.81. The fourth-order valence-electron chi connectivity index (χ4n) is 3.32. The number of rotatable bonds is 2. The molecule has 0 spiro atoms. The van der Waals surface area contributed by atoms with Crippen molar-refractivity contribution in [3.05, 3.63) is 0 Å². The van der Waals surface area contributed by atoms with E-state index in [2.05, 4.69) is 5.32 Å². The summed E-state index contributed by atoms with van der Waals surface area (Å²) in [7, 11) is 0. The van der Waals surface area contributed by atoms with Gasteiger partial charge >= 0.3 is 6.18 Å². The van der Waals surface area contributed by atoms with Gasteiger partial charge in [0.25, 0.3) is 0 Å². The number of hydrogen-bond donors (Lipinski definition) is 2. The Hall–Kier alpha value is -0.780. The largest absolute Gasteiger partial charge is 0.391 e. The second-order valence-electron chi connectivity index (χ2n) is 6.15. The molecule has 20 heavy (non-hydrogen) atoms. The highest BCUT2D eigenvalue weighted by atomic mass is 19.4. The second-order valence-corrected chi connectivity index (χ2v) is 6.15. The van der Waals surface area contributed by atoms with Gasteiger partial charge in [0, 0.05) is 18.0 Å². The number of halogens is 3. The van der Waals surface area contributed by atoms with Crippen molar-refractivity contribution in [2.75, 3.05) is 0 Å². The highest BCUT2D eigenvalue weighted by Gasteiger charge is 2.42. The van der Waals surface area contributed by atoms with Crippen LogP contribution in [0.2, 0.25) is 0 Å². The zero-order valence-corrected chi connectivity index (χ0v) is 11.6. The lowest BCUT2D eigenvalue weighted by molar-refractivity contribution is -0.184. The van der Waals surface area contributed by atoms with E-state index >= 15 is 0 Å². The molecule has 0 unspecified atom stereocenters. The minimum absolute atomic E-state index is 0.00316. The first-order valence-electron chi connectivity index (χ1n) is 7.50. The summed E-state index contributed by atoms with van der Waals surface area (Å²) in [5, 5.41) is 2.95. The molecular formula is C14H23F3N2O. The molecule has 1 amide bonds. The first-order chi connectivity index (χ1) is 9.38. The summed E-state index contributed by atoms with van der Waals surface area (Å²) in [6, 6.07) is -0.0178. The van der Waals surface area contributed by atoms with Gasteiger partial charge in [-0.1, -0.05) is 12.8 Å². The smallest absolute Gasteiger partial charge is 0.352 e. The molecule has 0 bridgehead atoms. The monoisotopic (exact) mass is 292 g/mol.